The molecule has 0 saturated carbocycles. The predicted molar refractivity (Wildman–Crippen MR) is 61.8 cm³/mol. The number of hydrogen-bond acceptors (Lipinski definition) is 2. The van der Waals surface area contributed by atoms with Crippen molar-refractivity contribution in [1.82, 2.24) is 5.32 Å². The summed E-state index contributed by atoms with van der Waals surface area (Å²) in [5, 5.41) is 2.98. The number of rotatable bonds is 2. The maximum absolute atomic E-state index is 12.8. The van der Waals surface area contributed by atoms with Crippen LogP contribution >= 0.6 is 0 Å². The average Bonchev–Trinajstić information content (AvgIpc) is 2.30. The van der Waals surface area contributed by atoms with Crippen molar-refractivity contribution in [1.29, 1.82) is 0 Å². The van der Waals surface area contributed by atoms with E-state index in [9.17, 15) is 8.78 Å². The smallest absolute Gasteiger partial charge is 0.259 e. The van der Waals surface area contributed by atoms with E-state index in [1.807, 2.05) is 0 Å². The molecule has 2 nitrogen and oxygen atoms in total. The molecular weight excluding hydrogens is 209 g/mol. The third-order valence-electron chi connectivity index (χ3n) is 2.80. The van der Waals surface area contributed by atoms with Gasteiger partial charge in [0.15, 0.2) is 0 Å². The number of nitrogens with one attached hydrogen (secondary N) is 1. The molecule has 1 unspecified atom stereocenters. The molecule has 0 amide bonds. The van der Waals surface area contributed by atoms with Gasteiger partial charge in [-0.1, -0.05) is 17.6 Å². The van der Waals surface area contributed by atoms with Crippen molar-refractivity contribution in [3.63, 3.8) is 0 Å². The van der Waals surface area contributed by atoms with Gasteiger partial charge >= 0.3 is 0 Å². The van der Waals surface area contributed by atoms with Crippen LogP contribution < -0.4 is 15.7 Å². The third-order valence-corrected chi connectivity index (χ3v) is 2.80. The van der Waals surface area contributed by atoms with Gasteiger partial charge in [-0.15, -0.1) is 0 Å². The second-order valence-electron chi connectivity index (χ2n) is 3.89. The first-order valence-corrected chi connectivity index (χ1v) is 5.29. The summed E-state index contributed by atoms with van der Waals surface area (Å²) in [6.07, 6.45) is -2.34. The molecule has 0 bridgehead atoms. The Bertz CT molecular complexity index is 342. The minimum Gasteiger partial charge on any atom is -0.360 e. The van der Waals surface area contributed by atoms with Gasteiger partial charge in [-0.3, -0.25) is 0 Å². The summed E-state index contributed by atoms with van der Waals surface area (Å²) < 4.78 is 25.7. The highest BCUT2D eigenvalue weighted by atomic mass is 19.3. The lowest BCUT2D eigenvalue weighted by molar-refractivity contribution is 0.105. The van der Waals surface area contributed by atoms with Crippen molar-refractivity contribution in [2.24, 2.45) is 0 Å². The van der Waals surface area contributed by atoms with Crippen LogP contribution in [-0.2, 0) is 0 Å². The second kappa shape index (κ2) is 4.83. The first kappa shape index (κ1) is 11.4. The summed E-state index contributed by atoms with van der Waals surface area (Å²) in [4.78, 5) is 1.74. The number of hydrogen-bond donors (Lipinski definition) is 1. The van der Waals surface area contributed by atoms with Crippen molar-refractivity contribution >= 4 is 19.0 Å². The summed E-state index contributed by atoms with van der Waals surface area (Å²) in [6, 6.07) is 6.30. The number of anilines is 1. The normalized spacial score (nSPS) is 21.4. The van der Waals surface area contributed by atoms with Crippen LogP contribution in [0.2, 0.25) is 0 Å². The first-order valence-electron chi connectivity index (χ1n) is 5.29. The fourth-order valence-corrected chi connectivity index (χ4v) is 1.94. The van der Waals surface area contributed by atoms with Crippen LogP contribution in [0.5, 0.6) is 0 Å². The molecule has 1 N–H and O–H groups in total. The summed E-state index contributed by atoms with van der Waals surface area (Å²) in [6.45, 7) is 1.65. The van der Waals surface area contributed by atoms with Gasteiger partial charge in [-0.2, -0.15) is 0 Å². The van der Waals surface area contributed by atoms with E-state index in [0.29, 0.717) is 18.6 Å². The van der Waals surface area contributed by atoms with E-state index in [-0.39, 0.29) is 0 Å². The molecule has 1 saturated heterocycles. The highest BCUT2D eigenvalue weighted by Gasteiger charge is 2.29. The van der Waals surface area contributed by atoms with Gasteiger partial charge in [0.2, 0.25) is 0 Å². The molecule has 2 rings (SSSR count). The minimum absolute atomic E-state index is 0.321. The molecule has 1 fully saturated rings. The van der Waals surface area contributed by atoms with Crippen molar-refractivity contribution < 1.29 is 8.78 Å². The first-order chi connectivity index (χ1) is 7.68. The molecule has 1 aromatic carbocycles. The lowest BCUT2D eigenvalue weighted by atomic mass is 9.96. The zero-order valence-electron chi connectivity index (χ0n) is 8.87. The van der Waals surface area contributed by atoms with Gasteiger partial charge in [0.1, 0.15) is 13.9 Å². The maximum Gasteiger partial charge on any atom is 0.259 e. The Hall–Kier alpha value is -1.10. The Balaban J connectivity index is 2.19. The summed E-state index contributed by atoms with van der Waals surface area (Å²) in [5.74, 6) is 0. The van der Waals surface area contributed by atoms with E-state index in [1.54, 1.807) is 29.2 Å². The number of nitrogens with zero attached hydrogens (tertiary/aromatic N) is 1. The number of piperazine rings is 1. The van der Waals surface area contributed by atoms with Crippen LogP contribution in [0.3, 0.4) is 0 Å². The average molecular weight is 222 g/mol. The molecular formula is C11H13BF2N2. The van der Waals surface area contributed by atoms with Crippen LogP contribution in [0.25, 0.3) is 0 Å². The van der Waals surface area contributed by atoms with E-state index in [4.69, 9.17) is 7.85 Å². The van der Waals surface area contributed by atoms with Gasteiger partial charge in [0, 0.05) is 25.3 Å². The van der Waals surface area contributed by atoms with Gasteiger partial charge in [-0.25, -0.2) is 8.78 Å². The molecule has 0 spiro atoms. The largest absolute Gasteiger partial charge is 0.360 e. The molecule has 0 aromatic heterocycles. The Kier molecular flexibility index (Phi) is 3.44. The maximum atomic E-state index is 12.8. The molecule has 1 aliphatic heterocycles. The SMILES string of the molecule is [B]c1ccc(N2CCNCC2C(F)F)cc1. The monoisotopic (exact) mass is 222 g/mol. The fraction of sp³-hybridized carbons (Fsp3) is 0.455. The summed E-state index contributed by atoms with van der Waals surface area (Å²) >= 11 is 0. The fourth-order valence-electron chi connectivity index (χ4n) is 1.94. The number of halogens is 2. The van der Waals surface area contributed by atoms with E-state index < -0.39 is 12.5 Å². The molecule has 84 valence electrons. The van der Waals surface area contributed by atoms with Crippen molar-refractivity contribution in [3.8, 4) is 0 Å². The van der Waals surface area contributed by atoms with Crippen LogP contribution in [-0.4, -0.2) is 39.9 Å². The molecule has 1 aliphatic rings. The van der Waals surface area contributed by atoms with Crippen molar-refractivity contribution in [2.45, 2.75) is 12.5 Å². The standard InChI is InChI=1S/C11H13BF2N2/c12-8-1-3-9(4-2-8)16-6-5-15-7-10(16)11(13)14/h1-4,10-11,15H,5-7H2. The lowest BCUT2D eigenvalue weighted by Crippen LogP contribution is -2.54. The molecule has 5 heteroatoms. The van der Waals surface area contributed by atoms with Crippen molar-refractivity contribution in [3.05, 3.63) is 24.3 Å². The highest BCUT2D eigenvalue weighted by molar-refractivity contribution is 6.32. The minimum atomic E-state index is -2.34. The van der Waals surface area contributed by atoms with E-state index >= 15 is 0 Å². The quantitative estimate of drug-likeness (QED) is 0.734. The second-order valence-corrected chi connectivity index (χ2v) is 3.89. The molecule has 0 aliphatic carbocycles. The zero-order valence-corrected chi connectivity index (χ0v) is 8.87. The van der Waals surface area contributed by atoms with Crippen LogP contribution in [0, 0.1) is 0 Å². The highest BCUT2D eigenvalue weighted by Crippen LogP contribution is 2.20. The van der Waals surface area contributed by atoms with E-state index in [0.717, 1.165) is 12.2 Å². The van der Waals surface area contributed by atoms with Gasteiger partial charge in [-0.05, 0) is 12.1 Å². The topological polar surface area (TPSA) is 15.3 Å². The molecule has 2 radical (unpaired) electrons. The van der Waals surface area contributed by atoms with E-state index in [1.165, 1.54) is 0 Å². The number of benzene rings is 1. The Morgan fingerprint density at radius 3 is 2.62 bits per heavy atom. The van der Waals surface area contributed by atoms with Crippen LogP contribution in [0.15, 0.2) is 24.3 Å². The summed E-state index contributed by atoms with van der Waals surface area (Å²) in [5.41, 5.74) is 1.45. The lowest BCUT2D eigenvalue weighted by Gasteiger charge is -2.37. The molecule has 1 aromatic rings. The van der Waals surface area contributed by atoms with Gasteiger partial charge in [0.05, 0.1) is 0 Å². The number of alkyl halides is 2. The Labute approximate surface area is 95.0 Å². The van der Waals surface area contributed by atoms with Gasteiger partial charge < -0.3 is 10.2 Å². The molecule has 1 atom stereocenters. The van der Waals surface area contributed by atoms with Crippen LogP contribution in [0.4, 0.5) is 14.5 Å². The Morgan fingerprint density at radius 1 is 1.31 bits per heavy atom. The molecule has 1 heterocycles. The third kappa shape index (κ3) is 2.35. The predicted octanol–water partition coefficient (Wildman–Crippen LogP) is 0.524. The Morgan fingerprint density at radius 2 is 2.00 bits per heavy atom. The molecule has 16 heavy (non-hydrogen) atoms. The summed E-state index contributed by atoms with van der Waals surface area (Å²) in [7, 11) is 5.57. The zero-order chi connectivity index (χ0) is 11.5. The van der Waals surface area contributed by atoms with Gasteiger partial charge in [0.25, 0.3) is 6.43 Å². The van der Waals surface area contributed by atoms with Crippen molar-refractivity contribution in [2.75, 3.05) is 24.5 Å². The van der Waals surface area contributed by atoms with E-state index in [2.05, 4.69) is 5.32 Å². The van der Waals surface area contributed by atoms with Crippen LogP contribution in [0.1, 0.15) is 0 Å².